The SMILES string of the molecule is CCCOc1nc(NC)nc(Sc2nnc(C)s2)n1. The van der Waals surface area contributed by atoms with Crippen molar-refractivity contribution in [3.63, 3.8) is 0 Å². The van der Waals surface area contributed by atoms with E-state index in [0.717, 1.165) is 15.8 Å². The minimum Gasteiger partial charge on any atom is -0.463 e. The Hall–Kier alpha value is -1.48. The minimum absolute atomic E-state index is 0.324. The molecule has 0 aliphatic rings. The second-order valence-corrected chi connectivity index (χ2v) is 5.91. The zero-order valence-electron chi connectivity index (χ0n) is 10.9. The van der Waals surface area contributed by atoms with Crippen molar-refractivity contribution in [2.75, 3.05) is 19.0 Å². The molecule has 0 saturated heterocycles. The fraction of sp³-hybridized carbons (Fsp3) is 0.500. The first-order valence-electron chi connectivity index (χ1n) is 5.76. The average molecular weight is 298 g/mol. The van der Waals surface area contributed by atoms with Crippen LogP contribution in [-0.4, -0.2) is 38.8 Å². The molecule has 0 aliphatic heterocycles. The van der Waals surface area contributed by atoms with E-state index in [1.54, 1.807) is 7.05 Å². The zero-order valence-corrected chi connectivity index (χ0v) is 12.5. The number of nitrogens with one attached hydrogen (secondary N) is 1. The highest BCUT2D eigenvalue weighted by atomic mass is 32.2. The van der Waals surface area contributed by atoms with Crippen LogP contribution in [0.4, 0.5) is 5.95 Å². The largest absolute Gasteiger partial charge is 0.463 e. The summed E-state index contributed by atoms with van der Waals surface area (Å²) in [6.07, 6.45) is 0.901. The Morgan fingerprint density at radius 3 is 2.74 bits per heavy atom. The topological polar surface area (TPSA) is 85.7 Å². The number of aromatic nitrogens is 5. The van der Waals surface area contributed by atoms with Gasteiger partial charge in [0, 0.05) is 7.05 Å². The fourth-order valence-electron chi connectivity index (χ4n) is 1.15. The van der Waals surface area contributed by atoms with Gasteiger partial charge in [-0.1, -0.05) is 18.3 Å². The van der Waals surface area contributed by atoms with Crippen LogP contribution in [0.1, 0.15) is 18.4 Å². The van der Waals surface area contributed by atoms with Gasteiger partial charge in [-0.3, -0.25) is 0 Å². The lowest BCUT2D eigenvalue weighted by molar-refractivity contribution is 0.288. The van der Waals surface area contributed by atoms with Gasteiger partial charge >= 0.3 is 6.01 Å². The molecule has 9 heteroatoms. The molecular weight excluding hydrogens is 284 g/mol. The number of aryl methyl sites for hydroxylation is 1. The molecule has 2 aromatic heterocycles. The van der Waals surface area contributed by atoms with Crippen molar-refractivity contribution in [2.45, 2.75) is 29.8 Å². The van der Waals surface area contributed by atoms with Crippen LogP contribution in [-0.2, 0) is 0 Å². The monoisotopic (exact) mass is 298 g/mol. The van der Waals surface area contributed by atoms with Crippen molar-refractivity contribution in [2.24, 2.45) is 0 Å². The van der Waals surface area contributed by atoms with Gasteiger partial charge < -0.3 is 10.1 Å². The number of hydrogen-bond donors (Lipinski definition) is 1. The lowest BCUT2D eigenvalue weighted by Gasteiger charge is -2.05. The van der Waals surface area contributed by atoms with Gasteiger partial charge in [0.15, 0.2) is 4.34 Å². The molecule has 0 bridgehead atoms. The summed E-state index contributed by atoms with van der Waals surface area (Å²) >= 11 is 2.85. The summed E-state index contributed by atoms with van der Waals surface area (Å²) in [4.78, 5) is 12.6. The predicted molar refractivity (Wildman–Crippen MR) is 73.9 cm³/mol. The van der Waals surface area contributed by atoms with Gasteiger partial charge in [0.2, 0.25) is 11.1 Å². The van der Waals surface area contributed by atoms with Crippen molar-refractivity contribution >= 4 is 29.0 Å². The van der Waals surface area contributed by atoms with Crippen LogP contribution < -0.4 is 10.1 Å². The lowest BCUT2D eigenvalue weighted by Crippen LogP contribution is -2.05. The maximum Gasteiger partial charge on any atom is 0.322 e. The summed E-state index contributed by atoms with van der Waals surface area (Å²) in [7, 11) is 1.75. The molecule has 2 rings (SSSR count). The molecule has 7 nitrogen and oxygen atoms in total. The molecule has 0 aromatic carbocycles. The maximum atomic E-state index is 5.43. The van der Waals surface area contributed by atoms with Crippen LogP contribution in [0.25, 0.3) is 0 Å². The molecule has 102 valence electrons. The first kappa shape index (κ1) is 13.9. The average Bonchev–Trinajstić information content (AvgIpc) is 2.81. The van der Waals surface area contributed by atoms with Gasteiger partial charge in [-0.15, -0.1) is 10.2 Å². The summed E-state index contributed by atoms with van der Waals surface area (Å²) in [6, 6.07) is 0.324. The van der Waals surface area contributed by atoms with Crippen molar-refractivity contribution in [3.05, 3.63) is 5.01 Å². The van der Waals surface area contributed by atoms with E-state index in [4.69, 9.17) is 4.74 Å². The first-order valence-corrected chi connectivity index (χ1v) is 7.39. The Bertz CT molecular complexity index is 547. The second-order valence-electron chi connectivity index (χ2n) is 3.51. The van der Waals surface area contributed by atoms with Crippen LogP contribution >= 0.6 is 23.1 Å². The minimum atomic E-state index is 0.324. The smallest absolute Gasteiger partial charge is 0.322 e. The highest BCUT2D eigenvalue weighted by Gasteiger charge is 2.10. The Labute approximate surface area is 119 Å². The van der Waals surface area contributed by atoms with Crippen LogP contribution in [0.3, 0.4) is 0 Å². The van der Waals surface area contributed by atoms with Crippen molar-refractivity contribution in [1.29, 1.82) is 0 Å². The molecule has 2 heterocycles. The van der Waals surface area contributed by atoms with E-state index in [1.807, 2.05) is 13.8 Å². The molecule has 19 heavy (non-hydrogen) atoms. The van der Waals surface area contributed by atoms with Crippen LogP contribution in [0.15, 0.2) is 9.50 Å². The zero-order chi connectivity index (χ0) is 13.7. The number of rotatable bonds is 6. The Morgan fingerprint density at radius 2 is 2.11 bits per heavy atom. The van der Waals surface area contributed by atoms with Gasteiger partial charge in [-0.2, -0.15) is 15.0 Å². The Balaban J connectivity index is 2.18. The van der Waals surface area contributed by atoms with Crippen LogP contribution in [0.5, 0.6) is 6.01 Å². The maximum absolute atomic E-state index is 5.43. The van der Waals surface area contributed by atoms with Crippen molar-refractivity contribution < 1.29 is 4.74 Å². The molecule has 0 fully saturated rings. The molecule has 0 saturated carbocycles. The number of nitrogens with zero attached hydrogens (tertiary/aromatic N) is 5. The number of hydrogen-bond acceptors (Lipinski definition) is 9. The van der Waals surface area contributed by atoms with E-state index in [9.17, 15) is 0 Å². The molecule has 1 N–H and O–H groups in total. The van der Waals surface area contributed by atoms with Gasteiger partial charge in [-0.05, 0) is 25.1 Å². The van der Waals surface area contributed by atoms with E-state index in [1.165, 1.54) is 23.1 Å². The molecule has 0 atom stereocenters. The van der Waals surface area contributed by atoms with E-state index in [2.05, 4.69) is 30.5 Å². The molecule has 0 unspecified atom stereocenters. The highest BCUT2D eigenvalue weighted by Crippen LogP contribution is 2.28. The van der Waals surface area contributed by atoms with Gasteiger partial charge in [-0.25, -0.2) is 0 Å². The molecule has 0 amide bonds. The third-order valence-corrected chi connectivity index (χ3v) is 3.69. The Kier molecular flexibility index (Phi) is 4.86. The quantitative estimate of drug-likeness (QED) is 0.866. The van der Waals surface area contributed by atoms with Gasteiger partial charge in [0.25, 0.3) is 0 Å². The van der Waals surface area contributed by atoms with E-state index >= 15 is 0 Å². The summed E-state index contributed by atoms with van der Waals surface area (Å²) in [6.45, 7) is 4.51. The third-order valence-electron chi connectivity index (χ3n) is 1.94. The third kappa shape index (κ3) is 4.00. The predicted octanol–water partition coefficient (Wildman–Crippen LogP) is 2.01. The number of ether oxygens (including phenoxy) is 1. The first-order chi connectivity index (χ1) is 9.21. The van der Waals surface area contributed by atoms with Crippen molar-refractivity contribution in [3.8, 4) is 6.01 Å². The standard InChI is InChI=1S/C10H14N6OS2/c1-4-5-17-8-12-7(11-3)13-9(14-8)19-10-16-15-6(2)18-10/h4-5H2,1-3H3,(H,11,12,13,14). The van der Waals surface area contributed by atoms with E-state index < -0.39 is 0 Å². The molecule has 0 spiro atoms. The molecule has 2 aromatic rings. The normalized spacial score (nSPS) is 10.5. The van der Waals surface area contributed by atoms with Crippen LogP contribution in [0, 0.1) is 6.92 Å². The summed E-state index contributed by atoms with van der Waals surface area (Å²) in [5.41, 5.74) is 0. The summed E-state index contributed by atoms with van der Waals surface area (Å²) in [5, 5.41) is 12.3. The molecule has 0 aliphatic carbocycles. The molecular formula is C10H14N6OS2. The van der Waals surface area contributed by atoms with Crippen LogP contribution in [0.2, 0.25) is 0 Å². The second kappa shape index (κ2) is 6.62. The fourth-order valence-corrected chi connectivity index (χ4v) is 2.81. The summed E-state index contributed by atoms with van der Waals surface area (Å²) < 4.78 is 6.23. The number of anilines is 1. The van der Waals surface area contributed by atoms with Crippen molar-refractivity contribution in [1.82, 2.24) is 25.1 Å². The highest BCUT2D eigenvalue weighted by molar-refractivity contribution is 8.00. The van der Waals surface area contributed by atoms with Gasteiger partial charge in [0.05, 0.1) is 6.61 Å². The Morgan fingerprint density at radius 1 is 1.26 bits per heavy atom. The summed E-state index contributed by atoms with van der Waals surface area (Å²) in [5.74, 6) is 0.477. The lowest BCUT2D eigenvalue weighted by atomic mass is 10.5. The van der Waals surface area contributed by atoms with Gasteiger partial charge in [0.1, 0.15) is 5.01 Å². The molecule has 0 radical (unpaired) electrons. The van der Waals surface area contributed by atoms with E-state index in [-0.39, 0.29) is 0 Å². The van der Waals surface area contributed by atoms with E-state index in [0.29, 0.717) is 23.7 Å².